The van der Waals surface area contributed by atoms with Crippen LogP contribution < -0.4 is 15.5 Å². The maximum Gasteiger partial charge on any atom is 0.227 e. The number of carbonyl (C=O) groups excluding carboxylic acids is 1. The van der Waals surface area contributed by atoms with Gasteiger partial charge in [0.2, 0.25) is 5.91 Å². The Bertz CT molecular complexity index is 557. The molecule has 2 N–H and O–H groups in total. The largest absolute Gasteiger partial charge is 0.385 e. The average molecular weight is 346 g/mol. The van der Waals surface area contributed by atoms with Crippen molar-refractivity contribution in [1.29, 1.82) is 0 Å². The Hall–Kier alpha value is -2.08. The third kappa shape index (κ3) is 6.38. The molecule has 6 nitrogen and oxygen atoms in total. The Morgan fingerprint density at radius 3 is 2.64 bits per heavy atom. The molecule has 0 unspecified atom stereocenters. The van der Waals surface area contributed by atoms with E-state index < -0.39 is 0 Å². The molecule has 0 aromatic heterocycles. The molecule has 0 aliphatic carbocycles. The third-order valence-corrected chi connectivity index (χ3v) is 4.32. The SMILES string of the molecule is CN=C(NCCCCCOC)NCc1ccc(N2CCCC2=O)cc1. The molecule has 1 fully saturated rings. The van der Waals surface area contributed by atoms with Gasteiger partial charge in [-0.2, -0.15) is 0 Å². The summed E-state index contributed by atoms with van der Waals surface area (Å²) in [5, 5.41) is 6.64. The van der Waals surface area contributed by atoms with E-state index in [4.69, 9.17) is 4.74 Å². The number of nitrogens with zero attached hydrogens (tertiary/aromatic N) is 2. The van der Waals surface area contributed by atoms with Crippen molar-refractivity contribution in [2.24, 2.45) is 4.99 Å². The molecule has 1 aliphatic heterocycles. The van der Waals surface area contributed by atoms with Crippen LogP contribution in [0.25, 0.3) is 0 Å². The van der Waals surface area contributed by atoms with Gasteiger partial charge in [-0.1, -0.05) is 12.1 Å². The van der Waals surface area contributed by atoms with Gasteiger partial charge >= 0.3 is 0 Å². The first-order valence-electron chi connectivity index (χ1n) is 9.07. The quantitative estimate of drug-likeness (QED) is 0.409. The average Bonchev–Trinajstić information content (AvgIpc) is 3.07. The standard InChI is InChI=1S/C19H30N4O2/c1-20-19(21-12-4-3-5-14-25-2)22-15-16-8-10-17(11-9-16)23-13-6-7-18(23)24/h8-11H,3-7,12-15H2,1-2H3,(H2,20,21,22). The minimum atomic E-state index is 0.223. The van der Waals surface area contributed by atoms with Gasteiger partial charge in [0.15, 0.2) is 5.96 Å². The molecular weight excluding hydrogens is 316 g/mol. The van der Waals surface area contributed by atoms with E-state index in [1.54, 1.807) is 14.2 Å². The monoisotopic (exact) mass is 346 g/mol. The second-order valence-electron chi connectivity index (χ2n) is 6.22. The maximum atomic E-state index is 11.8. The number of methoxy groups -OCH3 is 1. The van der Waals surface area contributed by atoms with Crippen LogP contribution in [0.2, 0.25) is 0 Å². The van der Waals surface area contributed by atoms with Gasteiger partial charge in [-0.25, -0.2) is 0 Å². The van der Waals surface area contributed by atoms with Crippen LogP contribution in [0.15, 0.2) is 29.3 Å². The number of amides is 1. The Kier molecular flexibility index (Phi) is 8.25. The molecule has 2 rings (SSSR count). The van der Waals surface area contributed by atoms with E-state index in [-0.39, 0.29) is 5.91 Å². The first kappa shape index (κ1) is 19.2. The molecule has 1 heterocycles. The van der Waals surface area contributed by atoms with Gasteiger partial charge in [-0.05, 0) is 43.4 Å². The molecule has 0 saturated carbocycles. The van der Waals surface area contributed by atoms with E-state index in [2.05, 4.69) is 27.8 Å². The number of ether oxygens (including phenoxy) is 1. The number of aliphatic imine (C=N–C) groups is 1. The fraction of sp³-hybridized carbons (Fsp3) is 0.579. The highest BCUT2D eigenvalue weighted by Crippen LogP contribution is 2.21. The Morgan fingerprint density at radius 2 is 2.00 bits per heavy atom. The fourth-order valence-electron chi connectivity index (χ4n) is 2.88. The van der Waals surface area contributed by atoms with Crippen molar-refractivity contribution in [2.45, 2.75) is 38.6 Å². The maximum absolute atomic E-state index is 11.8. The van der Waals surface area contributed by atoms with Crippen molar-refractivity contribution in [3.05, 3.63) is 29.8 Å². The van der Waals surface area contributed by atoms with Crippen LogP contribution in [0.5, 0.6) is 0 Å². The number of benzene rings is 1. The summed E-state index contributed by atoms with van der Waals surface area (Å²) in [6.07, 6.45) is 4.96. The minimum absolute atomic E-state index is 0.223. The summed E-state index contributed by atoms with van der Waals surface area (Å²) in [6.45, 7) is 3.26. The summed E-state index contributed by atoms with van der Waals surface area (Å²) in [6, 6.07) is 8.16. The third-order valence-electron chi connectivity index (χ3n) is 4.32. The molecule has 0 atom stereocenters. The molecule has 1 aromatic carbocycles. The predicted octanol–water partition coefficient (Wildman–Crippen LogP) is 2.30. The van der Waals surface area contributed by atoms with Crippen LogP contribution in [0.1, 0.15) is 37.7 Å². The highest BCUT2D eigenvalue weighted by molar-refractivity contribution is 5.95. The number of nitrogens with one attached hydrogen (secondary N) is 2. The van der Waals surface area contributed by atoms with E-state index in [0.717, 1.165) is 57.0 Å². The van der Waals surface area contributed by atoms with Gasteiger partial charge in [-0.3, -0.25) is 9.79 Å². The number of hydrogen-bond donors (Lipinski definition) is 2. The highest BCUT2D eigenvalue weighted by Gasteiger charge is 2.21. The van der Waals surface area contributed by atoms with Gasteiger partial charge in [-0.15, -0.1) is 0 Å². The topological polar surface area (TPSA) is 66.0 Å². The zero-order chi connectivity index (χ0) is 17.9. The van der Waals surface area contributed by atoms with E-state index in [0.29, 0.717) is 13.0 Å². The number of anilines is 1. The van der Waals surface area contributed by atoms with Crippen molar-refractivity contribution < 1.29 is 9.53 Å². The van der Waals surface area contributed by atoms with E-state index >= 15 is 0 Å². The number of carbonyl (C=O) groups is 1. The van der Waals surface area contributed by atoms with Crippen molar-refractivity contribution in [2.75, 3.05) is 38.8 Å². The van der Waals surface area contributed by atoms with Crippen molar-refractivity contribution in [1.82, 2.24) is 10.6 Å². The summed E-state index contributed by atoms with van der Waals surface area (Å²) >= 11 is 0. The van der Waals surface area contributed by atoms with Crippen molar-refractivity contribution >= 4 is 17.6 Å². The summed E-state index contributed by atoms with van der Waals surface area (Å²) in [7, 11) is 3.52. The summed E-state index contributed by atoms with van der Waals surface area (Å²) in [5.74, 6) is 1.03. The first-order valence-corrected chi connectivity index (χ1v) is 9.07. The van der Waals surface area contributed by atoms with E-state index in [1.807, 2.05) is 17.0 Å². The number of hydrogen-bond acceptors (Lipinski definition) is 3. The van der Waals surface area contributed by atoms with Gasteiger partial charge < -0.3 is 20.3 Å². The molecule has 25 heavy (non-hydrogen) atoms. The normalized spacial score (nSPS) is 14.9. The Balaban J connectivity index is 1.71. The van der Waals surface area contributed by atoms with Gasteiger partial charge in [0, 0.05) is 52.5 Å². The summed E-state index contributed by atoms with van der Waals surface area (Å²) < 4.78 is 5.05. The van der Waals surface area contributed by atoms with Crippen LogP contribution >= 0.6 is 0 Å². The Morgan fingerprint density at radius 1 is 1.20 bits per heavy atom. The second kappa shape index (κ2) is 10.7. The molecule has 0 radical (unpaired) electrons. The van der Waals surface area contributed by atoms with Crippen molar-refractivity contribution in [3.63, 3.8) is 0 Å². The summed E-state index contributed by atoms with van der Waals surface area (Å²) in [5.41, 5.74) is 2.16. The van der Waals surface area contributed by atoms with E-state index in [9.17, 15) is 4.79 Å². The lowest BCUT2D eigenvalue weighted by Gasteiger charge is -2.16. The molecule has 1 saturated heterocycles. The number of rotatable bonds is 9. The number of unbranched alkanes of at least 4 members (excludes halogenated alkanes) is 2. The smallest absolute Gasteiger partial charge is 0.227 e. The molecule has 1 aromatic rings. The molecule has 138 valence electrons. The zero-order valence-electron chi connectivity index (χ0n) is 15.4. The zero-order valence-corrected chi connectivity index (χ0v) is 15.4. The second-order valence-corrected chi connectivity index (χ2v) is 6.22. The fourth-order valence-corrected chi connectivity index (χ4v) is 2.88. The molecular formula is C19H30N4O2. The molecule has 1 amide bonds. The van der Waals surface area contributed by atoms with Gasteiger partial charge in [0.25, 0.3) is 0 Å². The van der Waals surface area contributed by atoms with Crippen LogP contribution in [0, 0.1) is 0 Å². The van der Waals surface area contributed by atoms with Crippen molar-refractivity contribution in [3.8, 4) is 0 Å². The molecule has 0 bridgehead atoms. The van der Waals surface area contributed by atoms with Crippen LogP contribution in [-0.4, -0.2) is 45.7 Å². The Labute approximate surface area is 150 Å². The minimum Gasteiger partial charge on any atom is -0.385 e. The summed E-state index contributed by atoms with van der Waals surface area (Å²) in [4.78, 5) is 17.9. The predicted molar refractivity (Wildman–Crippen MR) is 102 cm³/mol. The van der Waals surface area contributed by atoms with Gasteiger partial charge in [0.1, 0.15) is 0 Å². The van der Waals surface area contributed by atoms with Gasteiger partial charge in [0.05, 0.1) is 0 Å². The van der Waals surface area contributed by atoms with E-state index in [1.165, 1.54) is 5.56 Å². The first-order chi connectivity index (χ1) is 12.2. The lowest BCUT2D eigenvalue weighted by atomic mass is 10.2. The van der Waals surface area contributed by atoms with Crippen LogP contribution in [0.3, 0.4) is 0 Å². The molecule has 0 spiro atoms. The van der Waals surface area contributed by atoms with Crippen LogP contribution in [0.4, 0.5) is 5.69 Å². The lowest BCUT2D eigenvalue weighted by molar-refractivity contribution is -0.117. The number of guanidine groups is 1. The molecule has 1 aliphatic rings. The lowest BCUT2D eigenvalue weighted by Crippen LogP contribution is -2.37. The molecule has 6 heteroatoms. The van der Waals surface area contributed by atoms with Crippen LogP contribution in [-0.2, 0) is 16.1 Å². The highest BCUT2D eigenvalue weighted by atomic mass is 16.5.